The lowest BCUT2D eigenvalue weighted by molar-refractivity contribution is 0.402. The molecule has 0 N–H and O–H groups in total. The van der Waals surface area contributed by atoms with Gasteiger partial charge in [-0.3, -0.25) is 0 Å². The van der Waals surface area contributed by atoms with E-state index in [1.807, 2.05) is 0 Å². The molecule has 0 aromatic rings. The van der Waals surface area contributed by atoms with Crippen molar-refractivity contribution >= 4 is 21.6 Å². The highest BCUT2D eigenvalue weighted by molar-refractivity contribution is 8.76. The van der Waals surface area contributed by atoms with E-state index in [0.717, 1.165) is 5.25 Å². The van der Waals surface area contributed by atoms with Crippen molar-refractivity contribution in [3.05, 3.63) is 0 Å². The maximum absolute atomic E-state index is 2.31. The van der Waals surface area contributed by atoms with Gasteiger partial charge in [-0.25, -0.2) is 0 Å². The zero-order valence-electron chi connectivity index (χ0n) is 9.72. The van der Waals surface area contributed by atoms with Crippen LogP contribution in [-0.4, -0.2) is 11.0 Å². The molecule has 0 radical (unpaired) electrons. The molecule has 0 fully saturated rings. The average Bonchev–Trinajstić information content (AvgIpc) is 2.03. The van der Waals surface area contributed by atoms with Crippen LogP contribution in [0.5, 0.6) is 0 Å². The van der Waals surface area contributed by atoms with Crippen molar-refractivity contribution in [2.24, 2.45) is 5.41 Å². The van der Waals surface area contributed by atoms with Gasteiger partial charge in [0.25, 0.3) is 0 Å². The Bertz CT molecular complexity index is 112. The molecule has 0 rings (SSSR count). The molecule has 0 saturated carbocycles. The first kappa shape index (κ1) is 13.7. The van der Waals surface area contributed by atoms with Crippen LogP contribution >= 0.6 is 21.6 Å². The first-order chi connectivity index (χ1) is 5.99. The third-order valence-corrected chi connectivity index (χ3v) is 5.22. The highest BCUT2D eigenvalue weighted by atomic mass is 33.1. The Morgan fingerprint density at radius 1 is 1.08 bits per heavy atom. The zero-order chi connectivity index (χ0) is 10.3. The summed E-state index contributed by atoms with van der Waals surface area (Å²) in [5.41, 5.74) is 0.501. The van der Waals surface area contributed by atoms with Crippen molar-refractivity contribution in [3.63, 3.8) is 0 Å². The Hall–Kier alpha value is 0.700. The van der Waals surface area contributed by atoms with Crippen molar-refractivity contribution in [1.29, 1.82) is 0 Å². The van der Waals surface area contributed by atoms with E-state index in [1.54, 1.807) is 0 Å². The van der Waals surface area contributed by atoms with Crippen LogP contribution in [0.2, 0.25) is 0 Å². The van der Waals surface area contributed by atoms with Crippen LogP contribution in [0.25, 0.3) is 0 Å². The highest BCUT2D eigenvalue weighted by Gasteiger charge is 2.10. The number of hydrogen-bond acceptors (Lipinski definition) is 2. The first-order valence-electron chi connectivity index (χ1n) is 5.28. The third-order valence-electron chi connectivity index (χ3n) is 2.05. The minimum Gasteiger partial charge on any atom is -0.0939 e. The second-order valence-electron chi connectivity index (χ2n) is 4.67. The smallest absolute Gasteiger partial charge is 0.0146 e. The molecule has 0 unspecified atom stereocenters. The van der Waals surface area contributed by atoms with Gasteiger partial charge in [0, 0.05) is 11.0 Å². The molecule has 0 spiro atoms. The number of hydrogen-bond donors (Lipinski definition) is 0. The Labute approximate surface area is 92.0 Å². The summed E-state index contributed by atoms with van der Waals surface area (Å²) in [5.74, 6) is 1.30. The Morgan fingerprint density at radius 3 is 2.00 bits per heavy atom. The molecule has 0 aromatic heterocycles. The highest BCUT2D eigenvalue weighted by Crippen LogP contribution is 2.33. The van der Waals surface area contributed by atoms with E-state index in [2.05, 4.69) is 56.2 Å². The van der Waals surface area contributed by atoms with Gasteiger partial charge in [-0.15, -0.1) is 0 Å². The summed E-state index contributed by atoms with van der Waals surface area (Å²) in [7, 11) is 4.13. The summed E-state index contributed by atoms with van der Waals surface area (Å²) in [6.07, 6.45) is 3.94. The van der Waals surface area contributed by atoms with E-state index in [4.69, 9.17) is 0 Å². The van der Waals surface area contributed by atoms with Crippen LogP contribution in [0, 0.1) is 5.41 Å². The maximum atomic E-state index is 2.31. The minimum absolute atomic E-state index is 0.501. The summed E-state index contributed by atoms with van der Waals surface area (Å²) in [5, 5.41) is 0.866. The summed E-state index contributed by atoms with van der Waals surface area (Å²) < 4.78 is 0. The summed E-state index contributed by atoms with van der Waals surface area (Å²) in [6, 6.07) is 0. The van der Waals surface area contributed by atoms with Gasteiger partial charge in [-0.2, -0.15) is 0 Å². The van der Waals surface area contributed by atoms with Gasteiger partial charge >= 0.3 is 0 Å². The molecule has 2 heteroatoms. The van der Waals surface area contributed by atoms with Crippen LogP contribution in [0.1, 0.15) is 53.9 Å². The molecule has 0 aliphatic heterocycles. The zero-order valence-corrected chi connectivity index (χ0v) is 11.4. The van der Waals surface area contributed by atoms with Gasteiger partial charge in [-0.1, -0.05) is 56.2 Å². The van der Waals surface area contributed by atoms with Crippen LogP contribution in [-0.2, 0) is 0 Å². The van der Waals surface area contributed by atoms with Crippen molar-refractivity contribution in [2.45, 2.75) is 59.1 Å². The fourth-order valence-corrected chi connectivity index (χ4v) is 4.11. The van der Waals surface area contributed by atoms with Crippen LogP contribution in [0.4, 0.5) is 0 Å². The Balaban J connectivity index is 3.34. The first-order valence-corrected chi connectivity index (χ1v) is 7.66. The van der Waals surface area contributed by atoms with Crippen LogP contribution < -0.4 is 0 Å². The quantitative estimate of drug-likeness (QED) is 0.457. The van der Waals surface area contributed by atoms with E-state index >= 15 is 0 Å². The predicted octanol–water partition coefficient (Wildman–Crippen LogP) is 4.99. The second kappa shape index (κ2) is 7.05. The molecule has 0 atom stereocenters. The molecular weight excluding hydrogens is 196 g/mol. The summed E-state index contributed by atoms with van der Waals surface area (Å²) in [6.45, 7) is 11.5. The molecule has 0 nitrogen and oxygen atoms in total. The topological polar surface area (TPSA) is 0 Å². The molecular formula is C11H24S2. The monoisotopic (exact) mass is 220 g/mol. The van der Waals surface area contributed by atoms with Gasteiger partial charge in [0.05, 0.1) is 0 Å². The lowest BCUT2D eigenvalue weighted by Crippen LogP contribution is -2.05. The molecule has 0 heterocycles. The van der Waals surface area contributed by atoms with Gasteiger partial charge in [-0.05, 0) is 24.7 Å². The van der Waals surface area contributed by atoms with Crippen molar-refractivity contribution in [3.8, 4) is 0 Å². The number of rotatable bonds is 6. The van der Waals surface area contributed by atoms with E-state index < -0.39 is 0 Å². The standard InChI is InChI=1S/C11H24S2/c1-6-10(7-2)13-12-9-8-11(3,4)5/h10H,6-9H2,1-5H3. The molecule has 0 bridgehead atoms. The minimum atomic E-state index is 0.501. The van der Waals surface area contributed by atoms with Crippen molar-refractivity contribution < 1.29 is 0 Å². The van der Waals surface area contributed by atoms with Gasteiger partial charge in [0.1, 0.15) is 0 Å². The predicted molar refractivity (Wildman–Crippen MR) is 68.5 cm³/mol. The normalized spacial score (nSPS) is 12.5. The van der Waals surface area contributed by atoms with Crippen LogP contribution in [0.15, 0.2) is 0 Å². The van der Waals surface area contributed by atoms with E-state index in [0.29, 0.717) is 5.41 Å². The Morgan fingerprint density at radius 2 is 1.62 bits per heavy atom. The van der Waals surface area contributed by atoms with Crippen molar-refractivity contribution in [1.82, 2.24) is 0 Å². The van der Waals surface area contributed by atoms with Crippen LogP contribution in [0.3, 0.4) is 0 Å². The fraction of sp³-hybridized carbons (Fsp3) is 1.00. The van der Waals surface area contributed by atoms with Gasteiger partial charge in [0.15, 0.2) is 0 Å². The molecule has 0 aromatic carbocycles. The Kier molecular flexibility index (Phi) is 7.43. The second-order valence-corrected chi connectivity index (χ2v) is 7.45. The lowest BCUT2D eigenvalue weighted by Gasteiger charge is -2.18. The molecule has 0 saturated heterocycles. The van der Waals surface area contributed by atoms with E-state index in [1.165, 1.54) is 25.0 Å². The molecule has 80 valence electrons. The fourth-order valence-electron chi connectivity index (χ4n) is 0.917. The summed E-state index contributed by atoms with van der Waals surface area (Å²) >= 11 is 0. The van der Waals surface area contributed by atoms with Crippen molar-refractivity contribution in [2.75, 3.05) is 5.75 Å². The maximum Gasteiger partial charge on any atom is 0.0146 e. The molecule has 0 aliphatic rings. The largest absolute Gasteiger partial charge is 0.0939 e. The van der Waals surface area contributed by atoms with E-state index in [-0.39, 0.29) is 0 Å². The van der Waals surface area contributed by atoms with Gasteiger partial charge in [0.2, 0.25) is 0 Å². The molecule has 13 heavy (non-hydrogen) atoms. The average molecular weight is 220 g/mol. The molecule has 0 amide bonds. The van der Waals surface area contributed by atoms with Gasteiger partial charge < -0.3 is 0 Å². The summed E-state index contributed by atoms with van der Waals surface area (Å²) in [4.78, 5) is 0. The third kappa shape index (κ3) is 9.01. The molecule has 0 aliphatic carbocycles. The SMILES string of the molecule is CCC(CC)SSCCC(C)(C)C. The lowest BCUT2D eigenvalue weighted by atomic mass is 9.94. The van der Waals surface area contributed by atoms with E-state index in [9.17, 15) is 0 Å².